The van der Waals surface area contributed by atoms with Crippen molar-refractivity contribution >= 4 is 10.9 Å². The largest absolute Gasteiger partial charge is 0.326 e. The molecule has 3 nitrogen and oxygen atoms in total. The zero-order chi connectivity index (χ0) is 8.55. The molecule has 0 amide bonds. The van der Waals surface area contributed by atoms with Crippen molar-refractivity contribution in [2.45, 2.75) is 13.5 Å². The molecule has 0 fully saturated rings. The standard InChI is InChI=1S/C9H11N3/c1-6-8-3-2-7(5-10)4-9(8)12-11-6/h2-4H,5,10H2,1H3,(H,11,12). The molecule has 0 aliphatic carbocycles. The van der Waals surface area contributed by atoms with Gasteiger partial charge in [0.15, 0.2) is 0 Å². The van der Waals surface area contributed by atoms with E-state index in [1.807, 2.05) is 19.1 Å². The molecule has 0 bridgehead atoms. The molecule has 0 atom stereocenters. The highest BCUT2D eigenvalue weighted by Crippen LogP contribution is 2.15. The highest BCUT2D eigenvalue weighted by molar-refractivity contribution is 5.81. The predicted molar refractivity (Wildman–Crippen MR) is 48.7 cm³/mol. The maximum absolute atomic E-state index is 5.51. The van der Waals surface area contributed by atoms with E-state index in [1.54, 1.807) is 0 Å². The van der Waals surface area contributed by atoms with Crippen LogP contribution in [-0.4, -0.2) is 10.2 Å². The van der Waals surface area contributed by atoms with E-state index in [0.717, 1.165) is 16.8 Å². The van der Waals surface area contributed by atoms with Crippen molar-refractivity contribution in [3.05, 3.63) is 29.5 Å². The van der Waals surface area contributed by atoms with E-state index in [0.29, 0.717) is 6.54 Å². The summed E-state index contributed by atoms with van der Waals surface area (Å²) in [5.41, 5.74) is 8.73. The van der Waals surface area contributed by atoms with E-state index in [4.69, 9.17) is 5.73 Å². The number of aromatic nitrogens is 2. The summed E-state index contributed by atoms with van der Waals surface area (Å²) in [4.78, 5) is 0. The van der Waals surface area contributed by atoms with Crippen LogP contribution in [0.4, 0.5) is 0 Å². The van der Waals surface area contributed by atoms with E-state index in [9.17, 15) is 0 Å². The molecule has 2 rings (SSSR count). The van der Waals surface area contributed by atoms with Gasteiger partial charge in [-0.25, -0.2) is 0 Å². The maximum Gasteiger partial charge on any atom is 0.0926 e. The molecule has 1 aromatic heterocycles. The average molecular weight is 161 g/mol. The topological polar surface area (TPSA) is 54.7 Å². The molecule has 0 radical (unpaired) electrons. The first kappa shape index (κ1) is 7.31. The van der Waals surface area contributed by atoms with Crippen molar-refractivity contribution < 1.29 is 0 Å². The monoisotopic (exact) mass is 161 g/mol. The number of benzene rings is 1. The van der Waals surface area contributed by atoms with Gasteiger partial charge in [-0.2, -0.15) is 5.10 Å². The van der Waals surface area contributed by atoms with E-state index in [2.05, 4.69) is 16.3 Å². The zero-order valence-corrected chi connectivity index (χ0v) is 6.96. The van der Waals surface area contributed by atoms with Gasteiger partial charge in [-0.3, -0.25) is 5.10 Å². The van der Waals surface area contributed by atoms with Crippen molar-refractivity contribution in [1.29, 1.82) is 0 Å². The third-order valence-electron chi connectivity index (χ3n) is 2.05. The molecule has 3 N–H and O–H groups in total. The van der Waals surface area contributed by atoms with Gasteiger partial charge < -0.3 is 5.73 Å². The lowest BCUT2D eigenvalue weighted by Crippen LogP contribution is -1.95. The van der Waals surface area contributed by atoms with Gasteiger partial charge in [0.2, 0.25) is 0 Å². The Morgan fingerprint density at radius 3 is 3.08 bits per heavy atom. The molecular weight excluding hydrogens is 150 g/mol. The van der Waals surface area contributed by atoms with Crippen LogP contribution in [0.1, 0.15) is 11.3 Å². The number of hydrogen-bond donors (Lipinski definition) is 2. The normalized spacial score (nSPS) is 10.8. The Balaban J connectivity index is 2.69. The highest BCUT2D eigenvalue weighted by Gasteiger charge is 2.00. The first-order valence-electron chi connectivity index (χ1n) is 3.95. The number of aromatic amines is 1. The molecular formula is C9H11N3. The van der Waals surface area contributed by atoms with Gasteiger partial charge in [0.05, 0.1) is 5.52 Å². The van der Waals surface area contributed by atoms with Gasteiger partial charge >= 0.3 is 0 Å². The fourth-order valence-corrected chi connectivity index (χ4v) is 1.32. The van der Waals surface area contributed by atoms with Crippen LogP contribution in [0.15, 0.2) is 18.2 Å². The second kappa shape index (κ2) is 2.60. The van der Waals surface area contributed by atoms with Crippen LogP contribution < -0.4 is 5.73 Å². The van der Waals surface area contributed by atoms with Gasteiger partial charge in [0.25, 0.3) is 0 Å². The van der Waals surface area contributed by atoms with E-state index in [1.165, 1.54) is 5.39 Å². The molecule has 0 aliphatic heterocycles. The number of nitrogens with one attached hydrogen (secondary N) is 1. The number of aryl methyl sites for hydroxylation is 1. The summed E-state index contributed by atoms with van der Waals surface area (Å²) in [6, 6.07) is 6.10. The van der Waals surface area contributed by atoms with Gasteiger partial charge in [-0.05, 0) is 18.6 Å². The number of fused-ring (bicyclic) bond motifs is 1. The molecule has 0 saturated carbocycles. The smallest absolute Gasteiger partial charge is 0.0926 e. The Kier molecular flexibility index (Phi) is 1.59. The summed E-state index contributed by atoms with van der Waals surface area (Å²) in [5, 5.41) is 8.26. The van der Waals surface area contributed by atoms with Crippen molar-refractivity contribution in [3.8, 4) is 0 Å². The Hall–Kier alpha value is -1.35. The molecule has 12 heavy (non-hydrogen) atoms. The fourth-order valence-electron chi connectivity index (χ4n) is 1.32. The van der Waals surface area contributed by atoms with Crippen LogP contribution in [0.2, 0.25) is 0 Å². The lowest BCUT2D eigenvalue weighted by atomic mass is 10.1. The molecule has 0 unspecified atom stereocenters. The Morgan fingerprint density at radius 1 is 1.50 bits per heavy atom. The number of nitrogens with two attached hydrogens (primary N) is 1. The zero-order valence-electron chi connectivity index (χ0n) is 6.96. The van der Waals surface area contributed by atoms with Crippen LogP contribution in [0.5, 0.6) is 0 Å². The molecule has 1 aromatic carbocycles. The van der Waals surface area contributed by atoms with E-state index >= 15 is 0 Å². The quantitative estimate of drug-likeness (QED) is 0.663. The number of H-pyrrole nitrogens is 1. The number of nitrogens with zero attached hydrogens (tertiary/aromatic N) is 1. The Labute approximate surface area is 70.6 Å². The minimum absolute atomic E-state index is 0.571. The van der Waals surface area contributed by atoms with Gasteiger partial charge in [0.1, 0.15) is 0 Å². The Morgan fingerprint density at radius 2 is 2.33 bits per heavy atom. The third-order valence-corrected chi connectivity index (χ3v) is 2.05. The first-order valence-corrected chi connectivity index (χ1v) is 3.95. The lowest BCUT2D eigenvalue weighted by Gasteiger charge is -1.94. The van der Waals surface area contributed by atoms with Crippen molar-refractivity contribution in [2.75, 3.05) is 0 Å². The number of rotatable bonds is 1. The summed E-state index contributed by atoms with van der Waals surface area (Å²) in [6.45, 7) is 2.58. The molecule has 1 heterocycles. The summed E-state index contributed by atoms with van der Waals surface area (Å²) in [5.74, 6) is 0. The van der Waals surface area contributed by atoms with Gasteiger partial charge in [0, 0.05) is 17.6 Å². The molecule has 2 aromatic rings. The molecule has 62 valence electrons. The fraction of sp³-hybridized carbons (Fsp3) is 0.222. The first-order chi connectivity index (χ1) is 5.81. The molecule has 0 aliphatic rings. The van der Waals surface area contributed by atoms with Crippen LogP contribution in [-0.2, 0) is 6.54 Å². The molecule has 0 spiro atoms. The van der Waals surface area contributed by atoms with Crippen molar-refractivity contribution in [3.63, 3.8) is 0 Å². The third kappa shape index (κ3) is 0.987. The predicted octanol–water partition coefficient (Wildman–Crippen LogP) is 1.33. The molecule has 0 saturated heterocycles. The average Bonchev–Trinajstić information content (AvgIpc) is 2.47. The lowest BCUT2D eigenvalue weighted by molar-refractivity contribution is 1.06. The van der Waals surface area contributed by atoms with Gasteiger partial charge in [-0.15, -0.1) is 0 Å². The SMILES string of the molecule is Cc1[nH]nc2cc(CN)ccc12. The van der Waals surface area contributed by atoms with Crippen molar-refractivity contribution in [1.82, 2.24) is 10.2 Å². The number of hydrogen-bond acceptors (Lipinski definition) is 2. The Bertz CT molecular complexity index is 403. The second-order valence-corrected chi connectivity index (χ2v) is 2.90. The summed E-state index contributed by atoms with van der Waals surface area (Å²) >= 11 is 0. The van der Waals surface area contributed by atoms with E-state index < -0.39 is 0 Å². The van der Waals surface area contributed by atoms with Crippen LogP contribution in [0.3, 0.4) is 0 Å². The van der Waals surface area contributed by atoms with Crippen molar-refractivity contribution in [2.24, 2.45) is 5.73 Å². The summed E-state index contributed by atoms with van der Waals surface area (Å²) < 4.78 is 0. The maximum atomic E-state index is 5.51. The van der Waals surface area contributed by atoms with Gasteiger partial charge in [-0.1, -0.05) is 12.1 Å². The minimum Gasteiger partial charge on any atom is -0.326 e. The highest BCUT2D eigenvalue weighted by atomic mass is 15.1. The van der Waals surface area contributed by atoms with E-state index in [-0.39, 0.29) is 0 Å². The summed E-state index contributed by atoms with van der Waals surface area (Å²) in [7, 11) is 0. The van der Waals surface area contributed by atoms with Crippen LogP contribution in [0.25, 0.3) is 10.9 Å². The second-order valence-electron chi connectivity index (χ2n) is 2.90. The summed E-state index contributed by atoms with van der Waals surface area (Å²) in [6.07, 6.45) is 0. The van der Waals surface area contributed by atoms with Crippen LogP contribution >= 0.6 is 0 Å². The minimum atomic E-state index is 0.571. The van der Waals surface area contributed by atoms with Crippen LogP contribution in [0, 0.1) is 6.92 Å². The molecule has 3 heteroatoms.